The van der Waals surface area contributed by atoms with Crippen LogP contribution in [-0.2, 0) is 0 Å². The summed E-state index contributed by atoms with van der Waals surface area (Å²) in [5.41, 5.74) is 1.46. The Labute approximate surface area is 117 Å². The van der Waals surface area contributed by atoms with Gasteiger partial charge in [0.1, 0.15) is 0 Å². The topological polar surface area (TPSA) is 43.7 Å². The molecule has 1 atom stereocenters. The number of hydrogen-bond acceptors (Lipinski definition) is 3. The van der Waals surface area contributed by atoms with Gasteiger partial charge in [0.2, 0.25) is 0 Å². The number of aliphatic hydroxyl groups is 2. The van der Waals surface area contributed by atoms with Gasteiger partial charge in [-0.1, -0.05) is 22.0 Å². The molecule has 18 heavy (non-hydrogen) atoms. The number of piperidine rings is 1. The van der Waals surface area contributed by atoms with Gasteiger partial charge in [0.15, 0.2) is 0 Å². The predicted octanol–water partition coefficient (Wildman–Crippen LogP) is 2.85. The first kappa shape index (κ1) is 13.8. The van der Waals surface area contributed by atoms with Gasteiger partial charge in [0.05, 0.1) is 11.7 Å². The Morgan fingerprint density at radius 2 is 1.94 bits per heavy atom. The van der Waals surface area contributed by atoms with Crippen molar-refractivity contribution in [3.8, 4) is 0 Å². The Hall–Kier alpha value is -0.580. The van der Waals surface area contributed by atoms with Gasteiger partial charge in [-0.15, -0.1) is 0 Å². The fraction of sp³-hybridized carbons (Fsp3) is 0.571. The van der Waals surface area contributed by atoms with E-state index >= 15 is 0 Å². The van der Waals surface area contributed by atoms with Crippen molar-refractivity contribution >= 4 is 21.6 Å². The number of rotatable bonds is 2. The molecular formula is C14H20BrNO2. The van der Waals surface area contributed by atoms with Crippen LogP contribution in [0, 0.1) is 0 Å². The van der Waals surface area contributed by atoms with E-state index in [-0.39, 0.29) is 0 Å². The molecule has 2 N–H and O–H groups in total. The second kappa shape index (κ2) is 5.19. The lowest BCUT2D eigenvalue weighted by atomic mass is 9.93. The summed E-state index contributed by atoms with van der Waals surface area (Å²) >= 11 is 3.48. The van der Waals surface area contributed by atoms with Gasteiger partial charge in [-0.2, -0.15) is 0 Å². The van der Waals surface area contributed by atoms with Crippen molar-refractivity contribution in [2.45, 2.75) is 38.4 Å². The van der Waals surface area contributed by atoms with Crippen molar-refractivity contribution in [3.63, 3.8) is 0 Å². The van der Waals surface area contributed by atoms with E-state index in [4.69, 9.17) is 0 Å². The SMILES string of the molecule is CC(O)c1ccc(Br)cc1N1CCC(C)(O)CC1. The Balaban J connectivity index is 2.25. The molecule has 1 unspecified atom stereocenters. The van der Waals surface area contributed by atoms with Crippen molar-refractivity contribution in [1.29, 1.82) is 0 Å². The quantitative estimate of drug-likeness (QED) is 0.882. The summed E-state index contributed by atoms with van der Waals surface area (Å²) < 4.78 is 1.01. The third kappa shape index (κ3) is 3.05. The molecule has 1 saturated heterocycles. The largest absolute Gasteiger partial charge is 0.390 e. The zero-order valence-corrected chi connectivity index (χ0v) is 12.4. The molecule has 3 nitrogen and oxygen atoms in total. The molecule has 4 heteroatoms. The summed E-state index contributed by atoms with van der Waals surface area (Å²) in [5.74, 6) is 0. The van der Waals surface area contributed by atoms with Gasteiger partial charge < -0.3 is 15.1 Å². The second-order valence-electron chi connectivity index (χ2n) is 5.36. The second-order valence-corrected chi connectivity index (χ2v) is 6.28. The highest BCUT2D eigenvalue weighted by atomic mass is 79.9. The Kier molecular flexibility index (Phi) is 3.99. The Morgan fingerprint density at radius 1 is 1.33 bits per heavy atom. The maximum absolute atomic E-state index is 9.99. The number of anilines is 1. The summed E-state index contributed by atoms with van der Waals surface area (Å²) in [4.78, 5) is 2.24. The third-order valence-electron chi connectivity index (χ3n) is 3.62. The van der Waals surface area contributed by atoms with Gasteiger partial charge in [0.25, 0.3) is 0 Å². The van der Waals surface area contributed by atoms with Crippen molar-refractivity contribution in [2.24, 2.45) is 0 Å². The minimum atomic E-state index is -0.548. The van der Waals surface area contributed by atoms with E-state index in [1.165, 1.54) is 0 Å². The molecule has 1 aliphatic heterocycles. The number of aliphatic hydroxyl groups excluding tert-OH is 1. The summed E-state index contributed by atoms with van der Waals surface area (Å²) in [6, 6.07) is 5.95. The maximum Gasteiger partial charge on any atom is 0.0782 e. The van der Waals surface area contributed by atoms with Crippen molar-refractivity contribution in [3.05, 3.63) is 28.2 Å². The highest BCUT2D eigenvalue weighted by molar-refractivity contribution is 9.10. The fourth-order valence-electron chi connectivity index (χ4n) is 2.37. The van der Waals surface area contributed by atoms with E-state index in [0.717, 1.165) is 41.7 Å². The van der Waals surface area contributed by atoms with Crippen LogP contribution in [0.4, 0.5) is 5.69 Å². The average molecular weight is 314 g/mol. The molecule has 1 heterocycles. The van der Waals surface area contributed by atoms with Gasteiger partial charge >= 0.3 is 0 Å². The van der Waals surface area contributed by atoms with Crippen LogP contribution >= 0.6 is 15.9 Å². The molecule has 0 radical (unpaired) electrons. The van der Waals surface area contributed by atoms with E-state index in [0.29, 0.717) is 0 Å². The number of nitrogens with zero attached hydrogens (tertiary/aromatic N) is 1. The molecule has 1 aromatic rings. The monoisotopic (exact) mass is 313 g/mol. The highest BCUT2D eigenvalue weighted by Crippen LogP contribution is 2.33. The summed E-state index contributed by atoms with van der Waals surface area (Å²) in [5, 5.41) is 19.8. The minimum absolute atomic E-state index is 0.476. The maximum atomic E-state index is 9.99. The molecule has 0 bridgehead atoms. The number of halogens is 1. The first-order valence-corrected chi connectivity index (χ1v) is 7.13. The highest BCUT2D eigenvalue weighted by Gasteiger charge is 2.28. The van der Waals surface area contributed by atoms with E-state index in [9.17, 15) is 10.2 Å². The van der Waals surface area contributed by atoms with Crippen LogP contribution in [0.15, 0.2) is 22.7 Å². The zero-order chi connectivity index (χ0) is 13.3. The minimum Gasteiger partial charge on any atom is -0.390 e. The molecule has 1 aromatic carbocycles. The normalized spacial score (nSPS) is 20.8. The molecule has 0 amide bonds. The van der Waals surface area contributed by atoms with Crippen LogP contribution in [-0.4, -0.2) is 28.9 Å². The van der Waals surface area contributed by atoms with Crippen LogP contribution in [0.25, 0.3) is 0 Å². The van der Waals surface area contributed by atoms with Crippen LogP contribution in [0.2, 0.25) is 0 Å². The lowest BCUT2D eigenvalue weighted by Gasteiger charge is -2.38. The first-order chi connectivity index (χ1) is 8.39. The van der Waals surface area contributed by atoms with Gasteiger partial charge in [-0.3, -0.25) is 0 Å². The van der Waals surface area contributed by atoms with Crippen molar-refractivity contribution < 1.29 is 10.2 Å². The molecule has 0 aliphatic carbocycles. The average Bonchev–Trinajstić information content (AvgIpc) is 2.28. The Bertz CT molecular complexity index is 422. The van der Waals surface area contributed by atoms with E-state index in [1.54, 1.807) is 6.92 Å². The van der Waals surface area contributed by atoms with Gasteiger partial charge in [-0.25, -0.2) is 0 Å². The number of benzene rings is 1. The molecular weight excluding hydrogens is 294 g/mol. The molecule has 1 fully saturated rings. The van der Waals surface area contributed by atoms with Crippen molar-refractivity contribution in [1.82, 2.24) is 0 Å². The standard InChI is InChI=1S/C14H20BrNO2/c1-10(17)12-4-3-11(15)9-13(12)16-7-5-14(2,18)6-8-16/h3-4,9-10,17-18H,5-8H2,1-2H3. The first-order valence-electron chi connectivity index (χ1n) is 6.34. The molecule has 1 aliphatic rings. The molecule has 2 rings (SSSR count). The van der Waals surface area contributed by atoms with E-state index in [1.807, 2.05) is 25.1 Å². The smallest absolute Gasteiger partial charge is 0.0782 e. The summed E-state index contributed by atoms with van der Waals surface area (Å²) in [6.45, 7) is 5.32. The lowest BCUT2D eigenvalue weighted by molar-refractivity contribution is 0.0350. The summed E-state index contributed by atoms with van der Waals surface area (Å²) in [6.07, 6.45) is 1.05. The van der Waals surface area contributed by atoms with Gasteiger partial charge in [0, 0.05) is 28.8 Å². The van der Waals surface area contributed by atoms with Crippen LogP contribution in [0.5, 0.6) is 0 Å². The fourth-order valence-corrected chi connectivity index (χ4v) is 2.72. The molecule has 0 aromatic heterocycles. The molecule has 0 saturated carbocycles. The van der Waals surface area contributed by atoms with E-state index < -0.39 is 11.7 Å². The van der Waals surface area contributed by atoms with Crippen LogP contribution < -0.4 is 4.90 Å². The zero-order valence-electron chi connectivity index (χ0n) is 10.9. The Morgan fingerprint density at radius 3 is 2.50 bits per heavy atom. The molecule has 0 spiro atoms. The third-order valence-corrected chi connectivity index (χ3v) is 4.12. The number of hydrogen-bond donors (Lipinski definition) is 2. The van der Waals surface area contributed by atoms with Crippen molar-refractivity contribution in [2.75, 3.05) is 18.0 Å². The van der Waals surface area contributed by atoms with E-state index in [2.05, 4.69) is 20.8 Å². The lowest BCUT2D eigenvalue weighted by Crippen LogP contribution is -2.42. The van der Waals surface area contributed by atoms with Crippen LogP contribution in [0.3, 0.4) is 0 Å². The molecule has 100 valence electrons. The predicted molar refractivity (Wildman–Crippen MR) is 76.8 cm³/mol. The van der Waals surface area contributed by atoms with Crippen LogP contribution in [0.1, 0.15) is 38.4 Å². The van der Waals surface area contributed by atoms with Gasteiger partial charge in [-0.05, 0) is 38.8 Å². The summed E-state index contributed by atoms with van der Waals surface area (Å²) in [7, 11) is 0.